The van der Waals surface area contributed by atoms with E-state index in [1.807, 2.05) is 50.4 Å². The molecule has 0 saturated carbocycles. The summed E-state index contributed by atoms with van der Waals surface area (Å²) in [6, 6.07) is 14.1. The van der Waals surface area contributed by atoms with Crippen LogP contribution in [0.5, 0.6) is 0 Å². The first-order chi connectivity index (χ1) is 13.1. The molecule has 4 rings (SSSR count). The van der Waals surface area contributed by atoms with Crippen LogP contribution >= 0.6 is 0 Å². The number of fused-ring (bicyclic) bond motifs is 1. The number of carbonyl (C=O) groups is 1. The lowest BCUT2D eigenvalue weighted by Gasteiger charge is -2.30. The summed E-state index contributed by atoms with van der Waals surface area (Å²) >= 11 is 0. The number of methoxy groups -OCH3 is 1. The van der Waals surface area contributed by atoms with Crippen molar-refractivity contribution in [1.82, 2.24) is 15.3 Å². The summed E-state index contributed by atoms with van der Waals surface area (Å²) in [4.78, 5) is 20.4. The average Bonchev–Trinajstić information content (AvgIpc) is 3.11. The van der Waals surface area contributed by atoms with Gasteiger partial charge in [-0.25, -0.2) is 4.79 Å². The third kappa shape index (κ3) is 2.91. The first kappa shape index (κ1) is 17.1. The third-order valence-corrected chi connectivity index (χ3v) is 5.00. The van der Waals surface area contributed by atoms with Gasteiger partial charge in [0.1, 0.15) is 0 Å². The fourth-order valence-corrected chi connectivity index (χ4v) is 3.84. The van der Waals surface area contributed by atoms with E-state index in [-0.39, 0.29) is 11.9 Å². The zero-order chi connectivity index (χ0) is 19.0. The van der Waals surface area contributed by atoms with Gasteiger partial charge in [-0.2, -0.15) is 0 Å². The van der Waals surface area contributed by atoms with Crippen LogP contribution in [-0.4, -0.2) is 23.0 Å². The molecule has 5 nitrogen and oxygen atoms in total. The van der Waals surface area contributed by atoms with Gasteiger partial charge in [-0.1, -0.05) is 24.3 Å². The van der Waals surface area contributed by atoms with Crippen LogP contribution in [0.1, 0.15) is 31.0 Å². The van der Waals surface area contributed by atoms with Gasteiger partial charge in [0, 0.05) is 35.0 Å². The number of benzene rings is 1. The fraction of sp³-hybridized carbons (Fsp3) is 0.182. The average molecular weight is 359 g/mol. The number of hydrogen-bond donors (Lipinski definition) is 2. The van der Waals surface area contributed by atoms with Crippen molar-refractivity contribution in [1.29, 1.82) is 0 Å². The van der Waals surface area contributed by atoms with Gasteiger partial charge >= 0.3 is 5.97 Å². The van der Waals surface area contributed by atoms with Crippen LogP contribution in [0, 0.1) is 0 Å². The summed E-state index contributed by atoms with van der Waals surface area (Å²) in [5, 5.41) is 4.45. The molecule has 1 aromatic carbocycles. The lowest BCUT2D eigenvalue weighted by molar-refractivity contribution is -0.136. The van der Waals surface area contributed by atoms with Crippen molar-refractivity contribution in [2.24, 2.45) is 0 Å². The first-order valence-electron chi connectivity index (χ1n) is 8.85. The number of aromatic amines is 1. The number of allylic oxidation sites excluding steroid dienone is 3. The Labute approximate surface area is 157 Å². The topological polar surface area (TPSA) is 67.0 Å². The van der Waals surface area contributed by atoms with E-state index in [0.29, 0.717) is 5.57 Å². The van der Waals surface area contributed by atoms with Gasteiger partial charge in [0.05, 0.1) is 18.6 Å². The van der Waals surface area contributed by atoms with Crippen molar-refractivity contribution in [2.75, 3.05) is 7.11 Å². The molecule has 1 aliphatic heterocycles. The van der Waals surface area contributed by atoms with Crippen molar-refractivity contribution in [3.63, 3.8) is 0 Å². The Bertz CT molecular complexity index is 1040. The van der Waals surface area contributed by atoms with E-state index < -0.39 is 0 Å². The van der Waals surface area contributed by atoms with Crippen molar-refractivity contribution < 1.29 is 9.53 Å². The van der Waals surface area contributed by atoms with Crippen LogP contribution in [0.25, 0.3) is 16.5 Å². The minimum Gasteiger partial charge on any atom is -0.466 e. The molecule has 5 heteroatoms. The number of aromatic nitrogens is 2. The predicted molar refractivity (Wildman–Crippen MR) is 106 cm³/mol. The maximum atomic E-state index is 12.7. The number of nitrogens with one attached hydrogen (secondary N) is 2. The SMILES string of the molecule is COC(=O)C1=C(C)NC(C)=C(c2cccnc2)C1c1cc2ccccc2[nH]1. The van der Waals surface area contributed by atoms with Crippen LogP contribution in [0.2, 0.25) is 0 Å². The Morgan fingerprint density at radius 2 is 1.93 bits per heavy atom. The van der Waals surface area contributed by atoms with Crippen LogP contribution in [0.15, 0.2) is 71.8 Å². The van der Waals surface area contributed by atoms with Gasteiger partial charge in [0.15, 0.2) is 0 Å². The van der Waals surface area contributed by atoms with E-state index in [0.717, 1.165) is 39.1 Å². The molecule has 1 unspecified atom stereocenters. The van der Waals surface area contributed by atoms with Gasteiger partial charge in [-0.3, -0.25) is 4.98 Å². The molecule has 0 fully saturated rings. The van der Waals surface area contributed by atoms with Crippen LogP contribution in [0.3, 0.4) is 0 Å². The summed E-state index contributed by atoms with van der Waals surface area (Å²) in [5.41, 5.74) is 6.38. The Morgan fingerprint density at radius 1 is 1.11 bits per heavy atom. The molecule has 0 spiro atoms. The van der Waals surface area contributed by atoms with E-state index in [1.54, 1.807) is 6.20 Å². The van der Waals surface area contributed by atoms with Gasteiger partial charge in [0.2, 0.25) is 0 Å². The summed E-state index contributed by atoms with van der Waals surface area (Å²) in [5.74, 6) is -0.604. The molecule has 0 radical (unpaired) electrons. The number of dihydropyridines is 1. The lowest BCUT2D eigenvalue weighted by Crippen LogP contribution is -2.28. The predicted octanol–water partition coefficient (Wildman–Crippen LogP) is 4.13. The standard InChI is InChI=1S/C22H21N3O2/c1-13-19(16-8-6-10-23-12-16)21(20(14(2)24-13)22(26)27-3)18-11-15-7-4-5-9-17(15)25-18/h4-12,21,24-25H,1-3H3. The first-order valence-corrected chi connectivity index (χ1v) is 8.85. The molecule has 2 N–H and O–H groups in total. The third-order valence-electron chi connectivity index (χ3n) is 5.00. The van der Waals surface area contributed by atoms with Crippen molar-refractivity contribution in [2.45, 2.75) is 19.8 Å². The van der Waals surface area contributed by atoms with Gasteiger partial charge < -0.3 is 15.0 Å². The molecule has 1 aliphatic rings. The summed E-state index contributed by atoms with van der Waals surface area (Å²) < 4.78 is 5.12. The molecule has 27 heavy (non-hydrogen) atoms. The zero-order valence-electron chi connectivity index (χ0n) is 15.5. The number of esters is 1. The summed E-state index contributed by atoms with van der Waals surface area (Å²) in [6.45, 7) is 3.93. The van der Waals surface area contributed by atoms with E-state index in [2.05, 4.69) is 27.4 Å². The smallest absolute Gasteiger partial charge is 0.336 e. The van der Waals surface area contributed by atoms with Gasteiger partial charge in [0.25, 0.3) is 0 Å². The highest BCUT2D eigenvalue weighted by Crippen LogP contribution is 2.43. The molecular formula is C22H21N3O2. The highest BCUT2D eigenvalue weighted by molar-refractivity contribution is 5.98. The van der Waals surface area contributed by atoms with E-state index >= 15 is 0 Å². The number of rotatable bonds is 3. The number of nitrogens with zero attached hydrogens (tertiary/aromatic N) is 1. The molecule has 3 heterocycles. The molecule has 0 aliphatic carbocycles. The molecule has 3 aromatic rings. The van der Waals surface area contributed by atoms with Gasteiger partial charge in [-0.05, 0) is 48.6 Å². The minimum absolute atomic E-state index is 0.268. The largest absolute Gasteiger partial charge is 0.466 e. The monoisotopic (exact) mass is 359 g/mol. The van der Waals surface area contributed by atoms with Crippen LogP contribution < -0.4 is 5.32 Å². The van der Waals surface area contributed by atoms with Crippen molar-refractivity contribution in [3.05, 3.63) is 83.1 Å². The number of pyridine rings is 1. The number of H-pyrrole nitrogens is 1. The zero-order valence-corrected chi connectivity index (χ0v) is 15.5. The number of hydrogen-bond acceptors (Lipinski definition) is 4. The van der Waals surface area contributed by atoms with Gasteiger partial charge in [-0.15, -0.1) is 0 Å². The second-order valence-electron chi connectivity index (χ2n) is 6.68. The maximum absolute atomic E-state index is 12.7. The Morgan fingerprint density at radius 3 is 2.63 bits per heavy atom. The number of carbonyl (C=O) groups excluding carboxylic acids is 1. The van der Waals surface area contributed by atoms with Crippen LogP contribution in [-0.2, 0) is 9.53 Å². The Hall–Kier alpha value is -3.34. The Balaban J connectivity index is 1.96. The minimum atomic E-state index is -0.336. The normalized spacial score (nSPS) is 17.2. The maximum Gasteiger partial charge on any atom is 0.336 e. The number of ether oxygens (including phenoxy) is 1. The molecule has 0 saturated heterocycles. The molecular weight excluding hydrogens is 338 g/mol. The lowest BCUT2D eigenvalue weighted by atomic mass is 9.80. The quantitative estimate of drug-likeness (QED) is 0.690. The van der Waals surface area contributed by atoms with E-state index in [4.69, 9.17) is 4.74 Å². The second kappa shape index (κ2) is 6.76. The summed E-state index contributed by atoms with van der Waals surface area (Å²) in [6.07, 6.45) is 3.57. The van der Waals surface area contributed by atoms with E-state index in [1.165, 1.54) is 7.11 Å². The second-order valence-corrected chi connectivity index (χ2v) is 6.68. The van der Waals surface area contributed by atoms with Crippen molar-refractivity contribution >= 4 is 22.4 Å². The highest BCUT2D eigenvalue weighted by atomic mass is 16.5. The van der Waals surface area contributed by atoms with E-state index in [9.17, 15) is 4.79 Å². The molecule has 2 aromatic heterocycles. The fourth-order valence-electron chi connectivity index (χ4n) is 3.84. The molecule has 136 valence electrons. The van der Waals surface area contributed by atoms with Crippen LogP contribution in [0.4, 0.5) is 0 Å². The summed E-state index contributed by atoms with van der Waals surface area (Å²) in [7, 11) is 1.42. The number of para-hydroxylation sites is 1. The Kier molecular flexibility index (Phi) is 4.28. The highest BCUT2D eigenvalue weighted by Gasteiger charge is 2.35. The molecule has 0 bridgehead atoms. The van der Waals surface area contributed by atoms with Crippen molar-refractivity contribution in [3.8, 4) is 0 Å². The molecule has 1 atom stereocenters. The molecule has 0 amide bonds.